The van der Waals surface area contributed by atoms with Gasteiger partial charge in [0.25, 0.3) is 0 Å². The van der Waals surface area contributed by atoms with Gasteiger partial charge in [0, 0.05) is 57.1 Å². The topological polar surface area (TPSA) is 73.8 Å². The number of urea groups is 1. The zero-order valence-electron chi connectivity index (χ0n) is 17.1. The number of ether oxygens (including phenoxy) is 1. The van der Waals surface area contributed by atoms with Gasteiger partial charge >= 0.3 is 6.03 Å². The number of carbonyl (C=O) groups excluding carboxylic acids is 1. The zero-order chi connectivity index (χ0) is 20.2. The molecule has 1 N–H and O–H groups in total. The van der Waals surface area contributed by atoms with Crippen LogP contribution in [-0.2, 0) is 0 Å². The van der Waals surface area contributed by atoms with Gasteiger partial charge in [0.2, 0.25) is 0 Å². The van der Waals surface area contributed by atoms with Gasteiger partial charge in [-0.05, 0) is 31.9 Å². The number of benzene rings is 1. The average Bonchev–Trinajstić information content (AvgIpc) is 3.28. The molecule has 0 unspecified atom stereocenters. The molecule has 2 fully saturated rings. The Morgan fingerprint density at radius 2 is 1.62 bits per heavy atom. The maximum absolute atomic E-state index is 12.6. The molecule has 2 amide bonds. The number of nitrogens with zero attached hydrogens (tertiary/aromatic N) is 5. The molecule has 154 valence electrons. The number of nitrogens with one attached hydrogen (secondary N) is 1. The minimum absolute atomic E-state index is 0.0884. The summed E-state index contributed by atoms with van der Waals surface area (Å²) in [5.41, 5.74) is 0.735. The average molecular weight is 396 g/mol. The summed E-state index contributed by atoms with van der Waals surface area (Å²) in [6.45, 7) is 6.88. The van der Waals surface area contributed by atoms with E-state index in [9.17, 15) is 4.79 Å². The zero-order valence-corrected chi connectivity index (χ0v) is 17.1. The quantitative estimate of drug-likeness (QED) is 0.857. The van der Waals surface area contributed by atoms with Crippen LogP contribution in [0.2, 0.25) is 0 Å². The summed E-state index contributed by atoms with van der Waals surface area (Å²) in [6, 6.07) is 9.40. The van der Waals surface area contributed by atoms with Crippen molar-refractivity contribution in [1.82, 2.24) is 14.9 Å². The first-order valence-electron chi connectivity index (χ1n) is 10.2. The van der Waals surface area contributed by atoms with Crippen LogP contribution in [0.3, 0.4) is 0 Å². The maximum Gasteiger partial charge on any atom is 0.321 e. The summed E-state index contributed by atoms with van der Waals surface area (Å²) >= 11 is 0. The normalized spacial score (nSPS) is 16.8. The predicted molar refractivity (Wildman–Crippen MR) is 114 cm³/mol. The van der Waals surface area contributed by atoms with Gasteiger partial charge in [0.15, 0.2) is 0 Å². The Kier molecular flexibility index (Phi) is 5.69. The molecule has 1 aromatic heterocycles. The highest BCUT2D eigenvalue weighted by Crippen LogP contribution is 2.24. The fourth-order valence-electron chi connectivity index (χ4n) is 3.85. The van der Waals surface area contributed by atoms with Crippen LogP contribution in [0.5, 0.6) is 5.75 Å². The van der Waals surface area contributed by atoms with Crippen LogP contribution in [0.15, 0.2) is 30.3 Å². The Morgan fingerprint density at radius 1 is 0.966 bits per heavy atom. The number of methoxy groups -OCH3 is 1. The number of piperazine rings is 1. The van der Waals surface area contributed by atoms with Crippen molar-refractivity contribution < 1.29 is 9.53 Å². The van der Waals surface area contributed by atoms with E-state index in [1.165, 1.54) is 12.8 Å². The highest BCUT2D eigenvalue weighted by molar-refractivity contribution is 5.89. The Hall–Kier alpha value is -3.03. The second kappa shape index (κ2) is 8.55. The molecular weight excluding hydrogens is 368 g/mol. The highest BCUT2D eigenvalue weighted by atomic mass is 16.5. The number of aromatic nitrogens is 2. The van der Waals surface area contributed by atoms with Crippen LogP contribution < -0.4 is 19.9 Å². The van der Waals surface area contributed by atoms with Gasteiger partial charge in [-0.2, -0.15) is 0 Å². The lowest BCUT2D eigenvalue weighted by Gasteiger charge is -2.35. The van der Waals surface area contributed by atoms with Gasteiger partial charge in [0.1, 0.15) is 23.2 Å². The smallest absolute Gasteiger partial charge is 0.321 e. The monoisotopic (exact) mass is 396 g/mol. The van der Waals surface area contributed by atoms with E-state index in [0.29, 0.717) is 13.1 Å². The number of anilines is 3. The molecule has 2 aliphatic rings. The first kappa shape index (κ1) is 19.3. The van der Waals surface area contributed by atoms with E-state index in [2.05, 4.69) is 31.2 Å². The van der Waals surface area contributed by atoms with E-state index in [1.807, 2.05) is 36.1 Å². The SMILES string of the molecule is COc1cccc(NC(=O)N2CCN(c3cc(N4CCCC4)nc(C)n3)CC2)c1. The molecule has 0 radical (unpaired) electrons. The van der Waals surface area contributed by atoms with Crippen molar-refractivity contribution in [2.45, 2.75) is 19.8 Å². The largest absolute Gasteiger partial charge is 0.497 e. The summed E-state index contributed by atoms with van der Waals surface area (Å²) in [6.07, 6.45) is 2.44. The van der Waals surface area contributed by atoms with Crippen LogP contribution in [0.1, 0.15) is 18.7 Å². The maximum atomic E-state index is 12.6. The van der Waals surface area contributed by atoms with Gasteiger partial charge in [-0.25, -0.2) is 14.8 Å². The fraction of sp³-hybridized carbons (Fsp3) is 0.476. The van der Waals surface area contributed by atoms with Crippen LogP contribution in [-0.4, -0.2) is 67.3 Å². The Bertz CT molecular complexity index is 860. The number of aryl methyl sites for hydroxylation is 1. The molecule has 0 bridgehead atoms. The van der Waals surface area contributed by atoms with E-state index in [-0.39, 0.29) is 6.03 Å². The summed E-state index contributed by atoms with van der Waals surface area (Å²) in [5, 5.41) is 2.95. The van der Waals surface area contributed by atoms with Crippen LogP contribution in [0.4, 0.5) is 22.1 Å². The van der Waals surface area contributed by atoms with Crippen molar-refractivity contribution in [3.05, 3.63) is 36.2 Å². The second-order valence-corrected chi connectivity index (χ2v) is 7.46. The molecule has 0 atom stereocenters. The molecule has 0 spiro atoms. The molecule has 0 aliphatic carbocycles. The van der Waals surface area contributed by atoms with Crippen LogP contribution in [0, 0.1) is 6.92 Å². The summed E-state index contributed by atoms with van der Waals surface area (Å²) < 4.78 is 5.21. The van der Waals surface area contributed by atoms with Crippen LogP contribution in [0.25, 0.3) is 0 Å². The lowest BCUT2D eigenvalue weighted by molar-refractivity contribution is 0.208. The van der Waals surface area contributed by atoms with Gasteiger partial charge in [0.05, 0.1) is 7.11 Å². The third-order valence-corrected chi connectivity index (χ3v) is 5.45. The summed E-state index contributed by atoms with van der Waals surface area (Å²) in [7, 11) is 1.62. The number of hydrogen-bond acceptors (Lipinski definition) is 6. The Labute approximate surface area is 171 Å². The molecule has 8 heteroatoms. The van der Waals surface area contributed by atoms with Gasteiger partial charge in [-0.3, -0.25) is 0 Å². The number of hydrogen-bond donors (Lipinski definition) is 1. The number of rotatable bonds is 4. The fourth-order valence-corrected chi connectivity index (χ4v) is 3.85. The summed E-state index contributed by atoms with van der Waals surface area (Å²) in [5.74, 6) is 3.48. The molecule has 8 nitrogen and oxygen atoms in total. The van der Waals surface area contributed by atoms with Crippen molar-refractivity contribution in [3.8, 4) is 5.75 Å². The molecule has 3 heterocycles. The molecular formula is C21H28N6O2. The van der Waals surface area contributed by atoms with Crippen molar-refractivity contribution in [3.63, 3.8) is 0 Å². The molecule has 2 saturated heterocycles. The van der Waals surface area contributed by atoms with Crippen molar-refractivity contribution in [2.24, 2.45) is 0 Å². The van der Waals surface area contributed by atoms with E-state index >= 15 is 0 Å². The molecule has 0 saturated carbocycles. The van der Waals surface area contributed by atoms with E-state index < -0.39 is 0 Å². The second-order valence-electron chi connectivity index (χ2n) is 7.46. The lowest BCUT2D eigenvalue weighted by atomic mass is 10.3. The molecule has 2 aromatic rings. The van der Waals surface area contributed by atoms with Gasteiger partial charge in [-0.15, -0.1) is 0 Å². The third kappa shape index (κ3) is 4.52. The van der Waals surface area contributed by atoms with Gasteiger partial charge in [-0.1, -0.05) is 6.07 Å². The Balaban J connectivity index is 1.37. The molecule has 4 rings (SSSR count). The minimum atomic E-state index is -0.0884. The molecule has 2 aliphatic heterocycles. The van der Waals surface area contributed by atoms with E-state index in [0.717, 1.165) is 55.1 Å². The van der Waals surface area contributed by atoms with Crippen molar-refractivity contribution in [1.29, 1.82) is 0 Å². The standard InChI is InChI=1S/C21H28N6O2/c1-16-22-19(25-8-3-4-9-25)15-20(23-16)26-10-12-27(13-11-26)21(28)24-17-6-5-7-18(14-17)29-2/h5-7,14-15H,3-4,8-13H2,1-2H3,(H,24,28). The lowest BCUT2D eigenvalue weighted by Crippen LogP contribution is -2.50. The van der Waals surface area contributed by atoms with Gasteiger partial charge < -0.3 is 24.8 Å². The summed E-state index contributed by atoms with van der Waals surface area (Å²) in [4.78, 5) is 28.3. The van der Waals surface area contributed by atoms with Crippen molar-refractivity contribution in [2.75, 3.05) is 61.5 Å². The van der Waals surface area contributed by atoms with Crippen LogP contribution >= 0.6 is 0 Å². The molecule has 1 aromatic carbocycles. The predicted octanol–water partition coefficient (Wildman–Crippen LogP) is 2.75. The highest BCUT2D eigenvalue weighted by Gasteiger charge is 2.23. The first-order chi connectivity index (χ1) is 14.1. The third-order valence-electron chi connectivity index (χ3n) is 5.45. The van der Waals surface area contributed by atoms with E-state index in [1.54, 1.807) is 7.11 Å². The van der Waals surface area contributed by atoms with E-state index in [4.69, 9.17) is 4.74 Å². The number of carbonyl (C=O) groups is 1. The first-order valence-corrected chi connectivity index (χ1v) is 10.2. The molecule has 29 heavy (non-hydrogen) atoms. The Morgan fingerprint density at radius 3 is 2.28 bits per heavy atom. The minimum Gasteiger partial charge on any atom is -0.497 e. The van der Waals surface area contributed by atoms with Crippen molar-refractivity contribution >= 4 is 23.4 Å². The number of amides is 2.